The molecule has 39 heavy (non-hydrogen) atoms. The van der Waals surface area contributed by atoms with Crippen LogP contribution in [0.15, 0.2) is 30.3 Å². The van der Waals surface area contributed by atoms with Crippen LogP contribution in [-0.4, -0.2) is 82.1 Å². The van der Waals surface area contributed by atoms with E-state index < -0.39 is 66.8 Å². The van der Waals surface area contributed by atoms with Crippen LogP contribution in [0.5, 0.6) is 0 Å². The zero-order valence-electron chi connectivity index (χ0n) is 22.1. The van der Waals surface area contributed by atoms with Crippen molar-refractivity contribution in [1.82, 2.24) is 20.9 Å². The summed E-state index contributed by atoms with van der Waals surface area (Å²) in [6.07, 6.45) is -0.503. The van der Waals surface area contributed by atoms with Crippen molar-refractivity contribution in [2.45, 2.75) is 70.7 Å². The van der Waals surface area contributed by atoms with Crippen molar-refractivity contribution in [2.75, 3.05) is 13.1 Å². The predicted octanol–water partition coefficient (Wildman–Crippen LogP) is 0.869. The van der Waals surface area contributed by atoms with Crippen LogP contribution in [0.2, 0.25) is 0 Å². The van der Waals surface area contributed by atoms with Gasteiger partial charge < -0.3 is 35.8 Å². The van der Waals surface area contributed by atoms with E-state index in [1.807, 2.05) is 13.8 Å². The third kappa shape index (κ3) is 10.6. The standard InChI is InChI=1S/C26H36N4O9/c1-16(2)13-19(23(35)27-14-22(33)34)28-24(36)20-9-6-12-30(20)25(37)18(10-11-21(31)32)29-26(38)39-15-17-7-4-3-5-8-17/h3-5,7-8,16,18-20H,6,9-15H2,1-2H3,(H,27,35)(H,28,36)(H,29,38)(H,31,32)(H,33,34)/t18-,19-,20-/m0/s1. The first-order chi connectivity index (χ1) is 18.5. The van der Waals surface area contributed by atoms with Crippen molar-refractivity contribution in [1.29, 1.82) is 0 Å². The molecule has 1 aromatic carbocycles. The fourth-order valence-corrected chi connectivity index (χ4v) is 4.19. The summed E-state index contributed by atoms with van der Waals surface area (Å²) in [7, 11) is 0. The van der Waals surface area contributed by atoms with Gasteiger partial charge in [-0.25, -0.2) is 4.79 Å². The molecule has 13 heteroatoms. The molecular formula is C26H36N4O9. The fourth-order valence-electron chi connectivity index (χ4n) is 4.19. The van der Waals surface area contributed by atoms with Gasteiger partial charge in [0.1, 0.15) is 31.3 Å². The highest BCUT2D eigenvalue weighted by Gasteiger charge is 2.39. The zero-order valence-corrected chi connectivity index (χ0v) is 22.1. The van der Waals surface area contributed by atoms with Gasteiger partial charge in [0.15, 0.2) is 0 Å². The van der Waals surface area contributed by atoms with E-state index in [4.69, 9.17) is 14.9 Å². The molecule has 0 unspecified atom stereocenters. The van der Waals surface area contributed by atoms with Crippen LogP contribution < -0.4 is 16.0 Å². The Bertz CT molecular complexity index is 1030. The molecule has 2 rings (SSSR count). The number of benzene rings is 1. The number of ether oxygens (including phenoxy) is 1. The Labute approximate surface area is 226 Å². The summed E-state index contributed by atoms with van der Waals surface area (Å²) in [5, 5.41) is 25.3. The van der Waals surface area contributed by atoms with Gasteiger partial charge in [-0.1, -0.05) is 44.2 Å². The zero-order chi connectivity index (χ0) is 28.9. The molecule has 0 bridgehead atoms. The van der Waals surface area contributed by atoms with E-state index in [2.05, 4.69) is 16.0 Å². The number of carbonyl (C=O) groups excluding carboxylic acids is 4. The average molecular weight is 549 g/mol. The molecule has 13 nitrogen and oxygen atoms in total. The second-order valence-corrected chi connectivity index (χ2v) is 9.68. The summed E-state index contributed by atoms with van der Waals surface area (Å²) >= 11 is 0. The smallest absolute Gasteiger partial charge is 0.408 e. The van der Waals surface area contributed by atoms with Crippen molar-refractivity contribution in [3.05, 3.63) is 35.9 Å². The van der Waals surface area contributed by atoms with Gasteiger partial charge in [0, 0.05) is 13.0 Å². The first-order valence-corrected chi connectivity index (χ1v) is 12.8. The number of amides is 4. The maximum absolute atomic E-state index is 13.4. The number of likely N-dealkylation sites (tertiary alicyclic amines) is 1. The van der Waals surface area contributed by atoms with Crippen LogP contribution in [0.25, 0.3) is 0 Å². The summed E-state index contributed by atoms with van der Waals surface area (Å²) < 4.78 is 5.17. The summed E-state index contributed by atoms with van der Waals surface area (Å²) in [4.78, 5) is 74.7. The van der Waals surface area contributed by atoms with Gasteiger partial charge in [-0.3, -0.25) is 24.0 Å². The predicted molar refractivity (Wildman–Crippen MR) is 137 cm³/mol. The van der Waals surface area contributed by atoms with Crippen molar-refractivity contribution in [2.24, 2.45) is 5.92 Å². The molecule has 1 fully saturated rings. The maximum Gasteiger partial charge on any atom is 0.408 e. The largest absolute Gasteiger partial charge is 0.481 e. The summed E-state index contributed by atoms with van der Waals surface area (Å²) in [5.74, 6) is -4.28. The molecule has 1 saturated heterocycles. The molecular weight excluding hydrogens is 512 g/mol. The van der Waals surface area contributed by atoms with Gasteiger partial charge >= 0.3 is 18.0 Å². The molecule has 4 amide bonds. The molecule has 0 aromatic heterocycles. The lowest BCUT2D eigenvalue weighted by Gasteiger charge is -2.30. The maximum atomic E-state index is 13.4. The topological polar surface area (TPSA) is 191 Å². The van der Waals surface area contributed by atoms with Gasteiger partial charge in [0.25, 0.3) is 0 Å². The highest BCUT2D eigenvalue weighted by molar-refractivity contribution is 5.94. The van der Waals surface area contributed by atoms with Crippen molar-refractivity contribution >= 4 is 35.8 Å². The van der Waals surface area contributed by atoms with E-state index in [9.17, 15) is 28.8 Å². The fraction of sp³-hybridized carbons (Fsp3) is 0.538. The Hall–Kier alpha value is -4.16. The molecule has 0 radical (unpaired) electrons. The van der Waals surface area contributed by atoms with E-state index in [-0.39, 0.29) is 31.9 Å². The lowest BCUT2D eigenvalue weighted by atomic mass is 10.0. The molecule has 1 aromatic rings. The normalized spacial score (nSPS) is 16.2. The van der Waals surface area contributed by atoms with E-state index in [0.717, 1.165) is 5.56 Å². The van der Waals surface area contributed by atoms with Crippen LogP contribution in [-0.2, 0) is 35.3 Å². The van der Waals surface area contributed by atoms with Crippen molar-refractivity contribution in [3.8, 4) is 0 Å². The number of carboxylic acids is 2. The molecule has 214 valence electrons. The molecule has 1 aliphatic heterocycles. The molecule has 3 atom stereocenters. The van der Waals surface area contributed by atoms with Crippen LogP contribution >= 0.6 is 0 Å². The summed E-state index contributed by atoms with van der Waals surface area (Å²) in [6.45, 7) is 3.22. The molecule has 0 aliphatic carbocycles. The van der Waals surface area contributed by atoms with E-state index in [1.165, 1.54) is 4.90 Å². The molecule has 0 saturated carbocycles. The lowest BCUT2D eigenvalue weighted by Crippen LogP contribution is -2.56. The summed E-state index contributed by atoms with van der Waals surface area (Å²) in [5.41, 5.74) is 0.723. The third-order valence-electron chi connectivity index (χ3n) is 6.04. The Morgan fingerprint density at radius 1 is 1.00 bits per heavy atom. The molecule has 1 heterocycles. The van der Waals surface area contributed by atoms with Gasteiger partial charge in [-0.15, -0.1) is 0 Å². The van der Waals surface area contributed by atoms with E-state index in [1.54, 1.807) is 30.3 Å². The number of hydrogen-bond donors (Lipinski definition) is 5. The Morgan fingerprint density at radius 3 is 2.31 bits per heavy atom. The van der Waals surface area contributed by atoms with Crippen LogP contribution in [0.4, 0.5) is 4.79 Å². The van der Waals surface area contributed by atoms with Gasteiger partial charge in [-0.2, -0.15) is 0 Å². The number of carboxylic acid groups (broad SMARTS) is 2. The number of nitrogens with one attached hydrogen (secondary N) is 3. The first kappa shape index (κ1) is 31.1. The number of alkyl carbamates (subject to hydrolysis) is 1. The highest BCUT2D eigenvalue weighted by Crippen LogP contribution is 2.20. The first-order valence-electron chi connectivity index (χ1n) is 12.8. The Kier molecular flexibility index (Phi) is 12.2. The number of aliphatic carboxylic acids is 2. The minimum absolute atomic E-state index is 0.00121. The van der Waals surface area contributed by atoms with Gasteiger partial charge in [0.2, 0.25) is 17.7 Å². The SMILES string of the molecule is CC(C)C[C@H](NC(=O)[C@@H]1CCCN1C(=O)[C@H](CCC(=O)O)NC(=O)OCc1ccccc1)C(=O)NCC(=O)O. The molecule has 0 spiro atoms. The number of rotatable bonds is 14. The van der Waals surface area contributed by atoms with Crippen LogP contribution in [0, 0.1) is 5.92 Å². The number of nitrogens with zero attached hydrogens (tertiary/aromatic N) is 1. The minimum Gasteiger partial charge on any atom is -0.481 e. The number of carbonyl (C=O) groups is 6. The van der Waals surface area contributed by atoms with Gasteiger partial charge in [0.05, 0.1) is 0 Å². The van der Waals surface area contributed by atoms with E-state index >= 15 is 0 Å². The van der Waals surface area contributed by atoms with Crippen LogP contribution in [0.1, 0.15) is 51.5 Å². The second-order valence-electron chi connectivity index (χ2n) is 9.68. The van der Waals surface area contributed by atoms with Crippen LogP contribution in [0.3, 0.4) is 0 Å². The Morgan fingerprint density at radius 2 is 1.69 bits per heavy atom. The number of hydrogen-bond acceptors (Lipinski definition) is 7. The minimum atomic E-state index is -1.25. The highest BCUT2D eigenvalue weighted by atomic mass is 16.5. The average Bonchev–Trinajstić information content (AvgIpc) is 3.38. The molecule has 1 aliphatic rings. The third-order valence-corrected chi connectivity index (χ3v) is 6.04. The lowest BCUT2D eigenvalue weighted by molar-refractivity contribution is -0.142. The van der Waals surface area contributed by atoms with Crippen molar-refractivity contribution in [3.63, 3.8) is 0 Å². The van der Waals surface area contributed by atoms with Gasteiger partial charge in [-0.05, 0) is 37.2 Å². The molecule has 5 N–H and O–H groups in total. The van der Waals surface area contributed by atoms with E-state index in [0.29, 0.717) is 12.8 Å². The quantitative estimate of drug-likeness (QED) is 0.224. The Balaban J connectivity index is 2.09. The summed E-state index contributed by atoms with van der Waals surface area (Å²) in [6, 6.07) is 5.65. The monoisotopic (exact) mass is 548 g/mol. The van der Waals surface area contributed by atoms with Crippen molar-refractivity contribution < 1.29 is 43.7 Å². The second kappa shape index (κ2) is 15.3.